The van der Waals surface area contributed by atoms with E-state index in [1.165, 1.54) is 30.9 Å². The number of benzene rings is 2. The van der Waals surface area contributed by atoms with E-state index in [1.807, 2.05) is 29.3 Å². The van der Waals surface area contributed by atoms with Crippen molar-refractivity contribution in [1.29, 1.82) is 0 Å². The van der Waals surface area contributed by atoms with Gasteiger partial charge in [0, 0.05) is 36.2 Å². The molecule has 1 amide bonds. The first-order valence-corrected chi connectivity index (χ1v) is 14.5. The molecule has 1 N–H and O–H groups in total. The number of H-pyrrole nitrogens is 1. The molecule has 196 valence electrons. The maximum atomic E-state index is 14.0. The lowest BCUT2D eigenvalue weighted by molar-refractivity contribution is 0.0724. The molecule has 4 aromatic rings. The third-order valence-electron chi connectivity index (χ3n) is 9.29. The van der Waals surface area contributed by atoms with Crippen molar-refractivity contribution >= 4 is 27.8 Å². The maximum absolute atomic E-state index is 14.0. The molecule has 0 unspecified atom stereocenters. The molecule has 1 saturated heterocycles. The Morgan fingerprint density at radius 2 is 1.66 bits per heavy atom. The van der Waals surface area contributed by atoms with Crippen LogP contribution in [0.25, 0.3) is 21.9 Å². The van der Waals surface area contributed by atoms with Crippen LogP contribution in [-0.4, -0.2) is 38.8 Å². The highest BCUT2D eigenvalue weighted by Crippen LogP contribution is 2.52. The number of carbonyl (C=O) groups excluding carboxylic acids is 1. The number of halogens is 1. The normalized spacial score (nSPS) is 23.1. The number of aromatic amines is 1. The second-order valence-electron chi connectivity index (χ2n) is 11.7. The fourth-order valence-electron chi connectivity index (χ4n) is 7.17. The summed E-state index contributed by atoms with van der Waals surface area (Å²) in [6, 6.07) is 13.0. The number of hydrogen-bond acceptors (Lipinski definition) is 3. The van der Waals surface area contributed by atoms with Crippen LogP contribution < -0.4 is 0 Å². The van der Waals surface area contributed by atoms with E-state index in [1.54, 1.807) is 12.1 Å². The Morgan fingerprint density at radius 3 is 2.42 bits per heavy atom. The number of hydrogen-bond donors (Lipinski definition) is 1. The molecule has 2 aromatic carbocycles. The number of pyridine rings is 1. The predicted octanol–water partition coefficient (Wildman–Crippen LogP) is 7.34. The Hall–Kier alpha value is -3.28. The van der Waals surface area contributed by atoms with Crippen LogP contribution in [0.15, 0.2) is 48.7 Å². The van der Waals surface area contributed by atoms with Gasteiger partial charge in [0.05, 0.1) is 16.6 Å². The zero-order valence-electron chi connectivity index (χ0n) is 21.8. The lowest BCUT2D eigenvalue weighted by atomic mass is 9.72. The number of imidazole rings is 1. The van der Waals surface area contributed by atoms with E-state index in [0.29, 0.717) is 23.7 Å². The summed E-state index contributed by atoms with van der Waals surface area (Å²) in [4.78, 5) is 28.2. The van der Waals surface area contributed by atoms with Gasteiger partial charge in [-0.1, -0.05) is 0 Å². The highest BCUT2D eigenvalue weighted by Gasteiger charge is 2.41. The Balaban J connectivity index is 1.10. The van der Waals surface area contributed by atoms with Crippen LogP contribution in [0.4, 0.5) is 4.39 Å². The Bertz CT molecular complexity index is 1480. The summed E-state index contributed by atoms with van der Waals surface area (Å²) >= 11 is 0. The SMILES string of the molecule is O=C(c1ccc2[nH]c([C@H](C3CC3)[C@H]3CC[C@@H](c4ccnc5ccc(F)cc54)CC3)nc2c1)N1CCCCC1. The predicted molar refractivity (Wildman–Crippen MR) is 148 cm³/mol. The Labute approximate surface area is 222 Å². The van der Waals surface area contributed by atoms with E-state index in [9.17, 15) is 9.18 Å². The minimum Gasteiger partial charge on any atom is -0.342 e. The minimum absolute atomic E-state index is 0.136. The van der Waals surface area contributed by atoms with E-state index >= 15 is 0 Å². The summed E-state index contributed by atoms with van der Waals surface area (Å²) in [6.45, 7) is 1.72. The average Bonchev–Trinajstić information content (AvgIpc) is 3.70. The van der Waals surface area contributed by atoms with E-state index in [0.717, 1.165) is 84.9 Å². The van der Waals surface area contributed by atoms with Crippen molar-refractivity contribution in [2.45, 2.75) is 69.6 Å². The number of carbonyl (C=O) groups is 1. The summed E-state index contributed by atoms with van der Waals surface area (Å²) < 4.78 is 14.0. The molecule has 3 heterocycles. The van der Waals surface area contributed by atoms with Gasteiger partial charge in [-0.3, -0.25) is 9.78 Å². The molecular formula is C32H35FN4O. The molecule has 38 heavy (non-hydrogen) atoms. The fraction of sp³-hybridized carbons (Fsp3) is 0.469. The quantitative estimate of drug-likeness (QED) is 0.305. The molecule has 2 saturated carbocycles. The monoisotopic (exact) mass is 510 g/mol. The standard InChI is InChI=1S/C32H35FN4O/c33-24-11-13-27-26(19-24)25(14-15-34-27)20-4-6-21(7-5-20)30(22-8-9-22)31-35-28-12-10-23(18-29(28)36-31)32(38)37-16-2-1-3-17-37/h10-15,18-22,30H,1-9,16-17H2,(H,35,36)/t20-,21+,30-/m0/s1. The molecule has 2 aromatic heterocycles. The van der Waals surface area contributed by atoms with Gasteiger partial charge in [-0.15, -0.1) is 0 Å². The molecule has 1 aliphatic heterocycles. The highest BCUT2D eigenvalue weighted by atomic mass is 19.1. The topological polar surface area (TPSA) is 61.9 Å². The van der Waals surface area contributed by atoms with Crippen molar-refractivity contribution in [1.82, 2.24) is 19.9 Å². The molecule has 0 radical (unpaired) electrons. The van der Waals surface area contributed by atoms with Crippen molar-refractivity contribution < 1.29 is 9.18 Å². The second-order valence-corrected chi connectivity index (χ2v) is 11.7. The van der Waals surface area contributed by atoms with E-state index < -0.39 is 0 Å². The fourth-order valence-corrected chi connectivity index (χ4v) is 7.17. The second kappa shape index (κ2) is 9.79. The first kappa shape index (κ1) is 23.8. The number of rotatable bonds is 5. The number of nitrogens with one attached hydrogen (secondary N) is 1. The number of nitrogens with zero attached hydrogens (tertiary/aromatic N) is 3. The van der Waals surface area contributed by atoms with E-state index in [4.69, 9.17) is 4.98 Å². The van der Waals surface area contributed by atoms with Crippen LogP contribution in [0.3, 0.4) is 0 Å². The maximum Gasteiger partial charge on any atom is 0.253 e. The number of likely N-dealkylation sites (tertiary alicyclic amines) is 1. The molecule has 2 aliphatic carbocycles. The van der Waals surface area contributed by atoms with Gasteiger partial charge in [-0.05, 0) is 124 Å². The van der Waals surface area contributed by atoms with E-state index in [-0.39, 0.29) is 11.7 Å². The average molecular weight is 511 g/mol. The van der Waals surface area contributed by atoms with Crippen LogP contribution in [0.5, 0.6) is 0 Å². The van der Waals surface area contributed by atoms with Crippen molar-refractivity contribution in [2.75, 3.05) is 13.1 Å². The van der Waals surface area contributed by atoms with Crippen LogP contribution >= 0.6 is 0 Å². The van der Waals surface area contributed by atoms with Gasteiger partial charge in [0.15, 0.2) is 0 Å². The van der Waals surface area contributed by atoms with Crippen LogP contribution in [0, 0.1) is 17.7 Å². The lowest BCUT2D eigenvalue weighted by Gasteiger charge is -2.34. The van der Waals surface area contributed by atoms with Crippen LogP contribution in [0.2, 0.25) is 0 Å². The van der Waals surface area contributed by atoms with Crippen molar-refractivity contribution in [3.05, 3.63) is 71.4 Å². The number of amides is 1. The van der Waals surface area contributed by atoms with Gasteiger partial charge in [-0.2, -0.15) is 0 Å². The van der Waals surface area contributed by atoms with Crippen molar-refractivity contribution in [3.8, 4) is 0 Å². The molecular weight excluding hydrogens is 475 g/mol. The molecule has 1 atom stereocenters. The molecule has 6 heteroatoms. The summed E-state index contributed by atoms with van der Waals surface area (Å²) in [5.41, 5.74) is 4.81. The lowest BCUT2D eigenvalue weighted by Crippen LogP contribution is -2.35. The van der Waals surface area contributed by atoms with Gasteiger partial charge in [0.25, 0.3) is 5.91 Å². The molecule has 7 rings (SSSR count). The third-order valence-corrected chi connectivity index (χ3v) is 9.29. The largest absolute Gasteiger partial charge is 0.342 e. The minimum atomic E-state index is -0.195. The zero-order chi connectivity index (χ0) is 25.6. The van der Waals surface area contributed by atoms with Gasteiger partial charge in [-0.25, -0.2) is 9.37 Å². The number of aromatic nitrogens is 3. The number of piperidine rings is 1. The molecule has 0 spiro atoms. The first-order chi connectivity index (χ1) is 18.6. The van der Waals surface area contributed by atoms with Crippen LogP contribution in [-0.2, 0) is 0 Å². The van der Waals surface area contributed by atoms with Gasteiger partial charge in [0.2, 0.25) is 0 Å². The summed E-state index contributed by atoms with van der Waals surface area (Å²) in [7, 11) is 0. The first-order valence-electron chi connectivity index (χ1n) is 14.5. The number of fused-ring (bicyclic) bond motifs is 2. The summed E-state index contributed by atoms with van der Waals surface area (Å²) in [5, 5.41) is 0.960. The third kappa shape index (κ3) is 4.48. The molecule has 0 bridgehead atoms. The van der Waals surface area contributed by atoms with E-state index in [2.05, 4.69) is 16.0 Å². The zero-order valence-corrected chi connectivity index (χ0v) is 21.8. The highest BCUT2D eigenvalue weighted by molar-refractivity contribution is 5.97. The summed E-state index contributed by atoms with van der Waals surface area (Å²) in [6.07, 6.45) is 12.3. The van der Waals surface area contributed by atoms with Crippen LogP contribution in [0.1, 0.15) is 91.4 Å². The summed E-state index contributed by atoms with van der Waals surface area (Å²) in [5.74, 6) is 3.22. The van der Waals surface area contributed by atoms with Gasteiger partial charge in [0.1, 0.15) is 11.6 Å². The van der Waals surface area contributed by atoms with Crippen molar-refractivity contribution in [2.24, 2.45) is 11.8 Å². The van der Waals surface area contributed by atoms with Gasteiger partial charge < -0.3 is 9.88 Å². The Morgan fingerprint density at radius 1 is 0.895 bits per heavy atom. The Kier molecular flexibility index (Phi) is 6.13. The van der Waals surface area contributed by atoms with Gasteiger partial charge >= 0.3 is 0 Å². The van der Waals surface area contributed by atoms with Crippen molar-refractivity contribution in [3.63, 3.8) is 0 Å². The molecule has 5 nitrogen and oxygen atoms in total. The molecule has 3 fully saturated rings. The molecule has 3 aliphatic rings. The smallest absolute Gasteiger partial charge is 0.253 e.